The molecule has 0 N–H and O–H groups in total. The number of halogens is 1. The standard InChI is InChI=1S/C12H13BrN2S/c1-8(2)12-15-14-11(16-12)7-9-5-3-4-6-10(9)13/h3-6,8H,7H2,1-2H3. The highest BCUT2D eigenvalue weighted by atomic mass is 79.9. The van der Waals surface area contributed by atoms with Crippen molar-refractivity contribution >= 4 is 27.3 Å². The van der Waals surface area contributed by atoms with Crippen LogP contribution in [-0.2, 0) is 6.42 Å². The average molecular weight is 297 g/mol. The van der Waals surface area contributed by atoms with Crippen molar-refractivity contribution in [3.63, 3.8) is 0 Å². The highest BCUT2D eigenvalue weighted by molar-refractivity contribution is 9.10. The van der Waals surface area contributed by atoms with Crippen LogP contribution in [-0.4, -0.2) is 10.2 Å². The molecule has 16 heavy (non-hydrogen) atoms. The largest absolute Gasteiger partial charge is 0.143 e. The molecule has 1 heterocycles. The highest BCUT2D eigenvalue weighted by Gasteiger charge is 2.09. The van der Waals surface area contributed by atoms with Crippen molar-refractivity contribution < 1.29 is 0 Å². The zero-order valence-electron chi connectivity index (χ0n) is 9.27. The lowest BCUT2D eigenvalue weighted by Crippen LogP contribution is -1.88. The number of benzene rings is 1. The third kappa shape index (κ3) is 2.68. The molecule has 2 rings (SSSR count). The second-order valence-electron chi connectivity index (χ2n) is 3.96. The summed E-state index contributed by atoms with van der Waals surface area (Å²) in [5.41, 5.74) is 1.26. The van der Waals surface area contributed by atoms with Crippen molar-refractivity contribution in [2.24, 2.45) is 0 Å². The second kappa shape index (κ2) is 5.06. The lowest BCUT2D eigenvalue weighted by Gasteiger charge is -2.00. The van der Waals surface area contributed by atoms with Gasteiger partial charge in [-0.3, -0.25) is 0 Å². The fraction of sp³-hybridized carbons (Fsp3) is 0.333. The molecule has 1 aromatic carbocycles. The molecule has 0 aliphatic heterocycles. The first kappa shape index (κ1) is 11.7. The lowest BCUT2D eigenvalue weighted by atomic mass is 10.2. The van der Waals surface area contributed by atoms with E-state index in [1.54, 1.807) is 11.3 Å². The van der Waals surface area contributed by atoms with Crippen molar-refractivity contribution in [1.82, 2.24) is 10.2 Å². The summed E-state index contributed by atoms with van der Waals surface area (Å²) in [5.74, 6) is 0.463. The average Bonchev–Trinajstić information content (AvgIpc) is 2.70. The molecule has 0 saturated carbocycles. The van der Waals surface area contributed by atoms with Crippen LogP contribution in [0.3, 0.4) is 0 Å². The maximum Gasteiger partial charge on any atom is 0.121 e. The molecule has 0 spiro atoms. The number of rotatable bonds is 3. The first-order chi connectivity index (χ1) is 7.66. The van der Waals surface area contributed by atoms with Gasteiger partial charge in [-0.15, -0.1) is 21.5 Å². The molecule has 0 fully saturated rings. The number of hydrogen-bond acceptors (Lipinski definition) is 3. The van der Waals surface area contributed by atoms with E-state index in [4.69, 9.17) is 0 Å². The summed E-state index contributed by atoms with van der Waals surface area (Å²) in [6, 6.07) is 8.23. The smallest absolute Gasteiger partial charge is 0.121 e. The molecule has 0 aliphatic rings. The maximum absolute atomic E-state index is 4.22. The van der Waals surface area contributed by atoms with Crippen LogP contribution >= 0.6 is 27.3 Å². The van der Waals surface area contributed by atoms with E-state index in [1.165, 1.54) is 5.56 Å². The van der Waals surface area contributed by atoms with Crippen LogP contribution in [0.2, 0.25) is 0 Å². The minimum absolute atomic E-state index is 0.463. The SMILES string of the molecule is CC(C)c1nnc(Cc2ccccc2Br)s1. The number of nitrogens with zero attached hydrogens (tertiary/aromatic N) is 2. The molecule has 0 aliphatic carbocycles. The zero-order valence-corrected chi connectivity index (χ0v) is 11.7. The summed E-state index contributed by atoms with van der Waals surface area (Å²) in [6.07, 6.45) is 0.853. The molecule has 0 saturated heterocycles. The van der Waals surface area contributed by atoms with Crippen molar-refractivity contribution in [2.45, 2.75) is 26.2 Å². The number of aromatic nitrogens is 2. The zero-order chi connectivity index (χ0) is 11.5. The Morgan fingerprint density at radius 2 is 2.00 bits per heavy atom. The molecule has 0 amide bonds. The van der Waals surface area contributed by atoms with Gasteiger partial charge in [0.15, 0.2) is 0 Å². The Labute approximate surface area is 108 Å². The summed E-state index contributed by atoms with van der Waals surface area (Å²) in [5, 5.41) is 10.6. The first-order valence-corrected chi connectivity index (χ1v) is 6.83. The lowest BCUT2D eigenvalue weighted by molar-refractivity contribution is 0.819. The van der Waals surface area contributed by atoms with E-state index in [-0.39, 0.29) is 0 Å². The predicted octanol–water partition coefficient (Wildman–Crippen LogP) is 4.01. The van der Waals surface area contributed by atoms with E-state index >= 15 is 0 Å². The van der Waals surface area contributed by atoms with Gasteiger partial charge in [0, 0.05) is 16.8 Å². The van der Waals surface area contributed by atoms with E-state index in [0.717, 1.165) is 20.9 Å². The van der Waals surface area contributed by atoms with Crippen LogP contribution in [0.25, 0.3) is 0 Å². The van der Waals surface area contributed by atoms with Gasteiger partial charge in [-0.25, -0.2) is 0 Å². The van der Waals surface area contributed by atoms with Gasteiger partial charge in [0.05, 0.1) is 0 Å². The molecule has 84 valence electrons. The van der Waals surface area contributed by atoms with E-state index in [9.17, 15) is 0 Å². The van der Waals surface area contributed by atoms with Gasteiger partial charge in [0.1, 0.15) is 10.0 Å². The van der Waals surface area contributed by atoms with Crippen molar-refractivity contribution in [3.05, 3.63) is 44.3 Å². The minimum atomic E-state index is 0.463. The second-order valence-corrected chi connectivity index (χ2v) is 5.90. The van der Waals surface area contributed by atoms with Gasteiger partial charge in [0.2, 0.25) is 0 Å². The predicted molar refractivity (Wildman–Crippen MR) is 70.9 cm³/mol. The minimum Gasteiger partial charge on any atom is -0.143 e. The fourth-order valence-corrected chi connectivity index (χ4v) is 2.67. The van der Waals surface area contributed by atoms with E-state index in [1.807, 2.05) is 12.1 Å². The summed E-state index contributed by atoms with van der Waals surface area (Å²) < 4.78 is 1.14. The summed E-state index contributed by atoms with van der Waals surface area (Å²) in [4.78, 5) is 0. The molecular weight excluding hydrogens is 284 g/mol. The van der Waals surface area contributed by atoms with Gasteiger partial charge in [0.25, 0.3) is 0 Å². The molecule has 4 heteroatoms. The van der Waals surface area contributed by atoms with Crippen molar-refractivity contribution in [3.8, 4) is 0 Å². The first-order valence-electron chi connectivity index (χ1n) is 5.22. The highest BCUT2D eigenvalue weighted by Crippen LogP contribution is 2.24. The molecule has 0 bridgehead atoms. The molecule has 0 atom stereocenters. The summed E-state index contributed by atoms with van der Waals surface area (Å²) in [7, 11) is 0. The van der Waals surface area contributed by atoms with Crippen LogP contribution in [0.15, 0.2) is 28.7 Å². The van der Waals surface area contributed by atoms with Crippen LogP contribution in [0.5, 0.6) is 0 Å². The van der Waals surface area contributed by atoms with Crippen LogP contribution in [0, 0.1) is 0 Å². The van der Waals surface area contributed by atoms with Gasteiger partial charge in [-0.1, -0.05) is 48.0 Å². The fourth-order valence-electron chi connectivity index (χ4n) is 1.38. The van der Waals surface area contributed by atoms with Crippen molar-refractivity contribution in [1.29, 1.82) is 0 Å². The normalized spacial score (nSPS) is 11.0. The molecule has 0 unspecified atom stereocenters. The topological polar surface area (TPSA) is 25.8 Å². The third-order valence-corrected chi connectivity index (χ3v) is 4.27. The summed E-state index contributed by atoms with van der Waals surface area (Å²) in [6.45, 7) is 4.28. The Bertz CT molecular complexity index is 479. The Morgan fingerprint density at radius 1 is 1.25 bits per heavy atom. The van der Waals surface area contributed by atoms with Gasteiger partial charge in [-0.2, -0.15) is 0 Å². The van der Waals surface area contributed by atoms with Crippen molar-refractivity contribution in [2.75, 3.05) is 0 Å². The Kier molecular flexibility index (Phi) is 3.71. The molecule has 2 aromatic rings. The van der Waals surface area contributed by atoms with Gasteiger partial charge < -0.3 is 0 Å². The molecule has 0 radical (unpaired) electrons. The van der Waals surface area contributed by atoms with Gasteiger partial charge >= 0.3 is 0 Å². The molecule has 1 aromatic heterocycles. The van der Waals surface area contributed by atoms with E-state index in [0.29, 0.717) is 5.92 Å². The molecule has 2 nitrogen and oxygen atoms in total. The van der Waals surface area contributed by atoms with Crippen LogP contribution < -0.4 is 0 Å². The number of hydrogen-bond donors (Lipinski definition) is 0. The summed E-state index contributed by atoms with van der Waals surface area (Å²) >= 11 is 5.25. The quantitative estimate of drug-likeness (QED) is 0.855. The Hall–Kier alpha value is -0.740. The van der Waals surface area contributed by atoms with E-state index < -0.39 is 0 Å². The van der Waals surface area contributed by atoms with Crippen LogP contribution in [0.4, 0.5) is 0 Å². The third-order valence-electron chi connectivity index (χ3n) is 2.28. The Morgan fingerprint density at radius 3 is 2.62 bits per heavy atom. The molecular formula is C12H13BrN2S. The van der Waals surface area contributed by atoms with Crippen LogP contribution in [0.1, 0.15) is 35.3 Å². The van der Waals surface area contributed by atoms with Gasteiger partial charge in [-0.05, 0) is 11.6 Å². The monoisotopic (exact) mass is 296 g/mol. The Balaban J connectivity index is 2.18. The maximum atomic E-state index is 4.22. The van der Waals surface area contributed by atoms with E-state index in [2.05, 4.69) is 52.1 Å².